The van der Waals surface area contributed by atoms with Crippen LogP contribution < -0.4 is 0 Å². The summed E-state index contributed by atoms with van der Waals surface area (Å²) in [5.41, 5.74) is 2.48. The monoisotopic (exact) mass is 322 g/mol. The van der Waals surface area contributed by atoms with Crippen molar-refractivity contribution in [2.45, 2.75) is 18.9 Å². The number of hydrogen-bond acceptors (Lipinski definition) is 3. The molecular weight excluding hydrogens is 304 g/mol. The quantitative estimate of drug-likeness (QED) is 0.938. The number of rotatable bonds is 4. The molecule has 2 aromatic rings. The predicted octanol–water partition coefficient (Wildman–Crippen LogP) is 2.18. The van der Waals surface area contributed by atoms with Crippen LogP contribution in [0.15, 0.2) is 18.5 Å². The number of nitrogens with one attached hydrogen (secondary N) is 1. The van der Waals surface area contributed by atoms with Crippen molar-refractivity contribution >= 4 is 17.5 Å². The Bertz CT molecular complexity index is 673. The molecule has 0 radical (unpaired) electrons. The zero-order valence-electron chi connectivity index (χ0n) is 12.7. The Morgan fingerprint density at radius 3 is 3.09 bits per heavy atom. The van der Waals surface area contributed by atoms with Crippen molar-refractivity contribution in [2.75, 3.05) is 20.3 Å². The van der Waals surface area contributed by atoms with Gasteiger partial charge < -0.3 is 14.2 Å². The first-order valence-electron chi connectivity index (χ1n) is 7.23. The van der Waals surface area contributed by atoms with Crippen LogP contribution in [0, 0.1) is 0 Å². The lowest BCUT2D eigenvalue weighted by Gasteiger charge is -2.18. The highest BCUT2D eigenvalue weighted by atomic mass is 35.5. The average molecular weight is 323 g/mol. The molecule has 1 atom stereocenters. The summed E-state index contributed by atoms with van der Waals surface area (Å²) in [6.07, 6.45) is 4.35. The van der Waals surface area contributed by atoms with Gasteiger partial charge in [0.1, 0.15) is 0 Å². The molecule has 118 valence electrons. The third-order valence-corrected chi connectivity index (χ3v) is 4.26. The lowest BCUT2D eigenvalue weighted by atomic mass is 10.0. The van der Waals surface area contributed by atoms with Crippen LogP contribution in [0.3, 0.4) is 0 Å². The molecule has 1 saturated heterocycles. The van der Waals surface area contributed by atoms with E-state index in [1.54, 1.807) is 18.1 Å². The summed E-state index contributed by atoms with van der Waals surface area (Å²) < 4.78 is 7.32. The zero-order chi connectivity index (χ0) is 15.7. The van der Waals surface area contributed by atoms with Gasteiger partial charge >= 0.3 is 0 Å². The second-order valence-electron chi connectivity index (χ2n) is 5.68. The molecule has 0 spiro atoms. The molecule has 7 heteroatoms. The maximum Gasteiger partial charge on any atom is 0.257 e. The highest BCUT2D eigenvalue weighted by molar-refractivity contribution is 6.30. The Balaban J connectivity index is 1.76. The maximum absolute atomic E-state index is 12.7. The van der Waals surface area contributed by atoms with E-state index in [0.717, 1.165) is 24.4 Å². The molecule has 6 nitrogen and oxygen atoms in total. The molecule has 0 aliphatic carbocycles. The van der Waals surface area contributed by atoms with Gasteiger partial charge in [-0.15, -0.1) is 0 Å². The SMILES string of the molecule is CN(Cc1cc(Cl)cn1C)C(=O)c1cn[nH]c1C1CCOC1. The number of halogens is 1. The summed E-state index contributed by atoms with van der Waals surface area (Å²) in [5.74, 6) is 0.173. The lowest BCUT2D eigenvalue weighted by Crippen LogP contribution is -2.28. The summed E-state index contributed by atoms with van der Waals surface area (Å²) in [6, 6.07) is 1.87. The molecule has 1 fully saturated rings. The van der Waals surface area contributed by atoms with Crippen molar-refractivity contribution in [3.63, 3.8) is 0 Å². The van der Waals surface area contributed by atoms with Crippen LogP contribution in [0.4, 0.5) is 0 Å². The molecule has 1 amide bonds. The molecule has 2 aromatic heterocycles. The van der Waals surface area contributed by atoms with Crippen LogP contribution >= 0.6 is 11.6 Å². The van der Waals surface area contributed by atoms with Gasteiger partial charge in [0.05, 0.1) is 35.6 Å². The molecule has 22 heavy (non-hydrogen) atoms. The molecule has 0 aromatic carbocycles. The van der Waals surface area contributed by atoms with Gasteiger partial charge in [-0.25, -0.2) is 0 Å². The van der Waals surface area contributed by atoms with E-state index in [1.807, 2.05) is 23.9 Å². The van der Waals surface area contributed by atoms with Gasteiger partial charge in [-0.05, 0) is 12.5 Å². The largest absolute Gasteiger partial charge is 0.381 e. The second-order valence-corrected chi connectivity index (χ2v) is 6.12. The third kappa shape index (κ3) is 2.89. The molecule has 1 unspecified atom stereocenters. The molecule has 1 N–H and O–H groups in total. The molecule has 3 heterocycles. The van der Waals surface area contributed by atoms with Gasteiger partial charge in [-0.3, -0.25) is 9.89 Å². The number of ether oxygens (including phenoxy) is 1. The topological polar surface area (TPSA) is 63.2 Å². The number of carbonyl (C=O) groups excluding carboxylic acids is 1. The maximum atomic E-state index is 12.7. The lowest BCUT2D eigenvalue weighted by molar-refractivity contribution is 0.0780. The molecule has 0 saturated carbocycles. The molecule has 0 bridgehead atoms. The third-order valence-electron chi connectivity index (χ3n) is 4.06. The number of H-pyrrole nitrogens is 1. The fraction of sp³-hybridized carbons (Fsp3) is 0.467. The second kappa shape index (κ2) is 6.14. The van der Waals surface area contributed by atoms with Crippen LogP contribution in [0.25, 0.3) is 0 Å². The van der Waals surface area contributed by atoms with Crippen LogP contribution in [-0.4, -0.2) is 45.8 Å². The van der Waals surface area contributed by atoms with Crippen molar-refractivity contribution in [3.05, 3.63) is 40.4 Å². The number of aromatic amines is 1. The number of hydrogen-bond donors (Lipinski definition) is 1. The minimum atomic E-state index is -0.0482. The Labute approximate surface area is 134 Å². The van der Waals surface area contributed by atoms with Crippen LogP contribution in [0.1, 0.15) is 34.1 Å². The van der Waals surface area contributed by atoms with E-state index >= 15 is 0 Å². The summed E-state index contributed by atoms with van der Waals surface area (Å²) in [4.78, 5) is 14.4. The van der Waals surface area contributed by atoms with E-state index in [9.17, 15) is 4.79 Å². The van der Waals surface area contributed by atoms with Gasteiger partial charge in [-0.2, -0.15) is 5.10 Å². The van der Waals surface area contributed by atoms with Crippen molar-refractivity contribution in [3.8, 4) is 0 Å². The molecule has 1 aliphatic heterocycles. The summed E-state index contributed by atoms with van der Waals surface area (Å²) in [6.45, 7) is 1.86. The van der Waals surface area contributed by atoms with E-state index in [0.29, 0.717) is 23.7 Å². The van der Waals surface area contributed by atoms with E-state index in [2.05, 4.69) is 10.2 Å². The fourth-order valence-electron chi connectivity index (χ4n) is 2.78. The minimum absolute atomic E-state index is 0.0482. The van der Waals surface area contributed by atoms with Gasteiger partial charge in [0.15, 0.2) is 0 Å². The first-order chi connectivity index (χ1) is 10.6. The highest BCUT2D eigenvalue weighted by Gasteiger charge is 2.26. The number of aromatic nitrogens is 3. The normalized spacial score (nSPS) is 17.9. The van der Waals surface area contributed by atoms with E-state index in [-0.39, 0.29) is 11.8 Å². The smallest absolute Gasteiger partial charge is 0.257 e. The average Bonchev–Trinajstić information content (AvgIpc) is 3.19. The molecule has 3 rings (SSSR count). The number of nitrogens with zero attached hydrogens (tertiary/aromatic N) is 3. The van der Waals surface area contributed by atoms with Gasteiger partial charge in [0.2, 0.25) is 0 Å². The first kappa shape index (κ1) is 15.1. The Morgan fingerprint density at radius 1 is 1.64 bits per heavy atom. The highest BCUT2D eigenvalue weighted by Crippen LogP contribution is 2.27. The van der Waals surface area contributed by atoms with E-state index in [1.165, 1.54) is 0 Å². The molecule has 1 aliphatic rings. The van der Waals surface area contributed by atoms with E-state index < -0.39 is 0 Å². The number of carbonyl (C=O) groups is 1. The summed E-state index contributed by atoms with van der Waals surface area (Å²) >= 11 is 5.99. The number of amides is 1. The van der Waals surface area contributed by atoms with Crippen molar-refractivity contribution in [1.29, 1.82) is 0 Å². The van der Waals surface area contributed by atoms with Crippen molar-refractivity contribution in [2.24, 2.45) is 7.05 Å². The Morgan fingerprint density at radius 2 is 2.45 bits per heavy atom. The van der Waals surface area contributed by atoms with Crippen LogP contribution in [0.2, 0.25) is 5.02 Å². The predicted molar refractivity (Wildman–Crippen MR) is 83.0 cm³/mol. The van der Waals surface area contributed by atoms with Crippen molar-refractivity contribution < 1.29 is 9.53 Å². The van der Waals surface area contributed by atoms with Crippen LogP contribution in [0.5, 0.6) is 0 Å². The van der Waals surface area contributed by atoms with Gasteiger partial charge in [0.25, 0.3) is 5.91 Å². The zero-order valence-corrected chi connectivity index (χ0v) is 13.4. The fourth-order valence-corrected chi connectivity index (χ4v) is 3.06. The van der Waals surface area contributed by atoms with E-state index in [4.69, 9.17) is 16.3 Å². The summed E-state index contributed by atoms with van der Waals surface area (Å²) in [5, 5.41) is 7.68. The van der Waals surface area contributed by atoms with Gasteiger partial charge in [0, 0.05) is 38.5 Å². The Hall–Kier alpha value is -1.79. The number of aryl methyl sites for hydroxylation is 1. The van der Waals surface area contributed by atoms with Gasteiger partial charge in [-0.1, -0.05) is 11.6 Å². The van der Waals surface area contributed by atoms with Crippen molar-refractivity contribution in [1.82, 2.24) is 19.7 Å². The minimum Gasteiger partial charge on any atom is -0.381 e. The first-order valence-corrected chi connectivity index (χ1v) is 7.61. The summed E-state index contributed by atoms with van der Waals surface area (Å²) in [7, 11) is 3.70. The van der Waals surface area contributed by atoms with Crippen LogP contribution in [-0.2, 0) is 18.3 Å². The molecular formula is C15H19ClN4O2. The standard InChI is InChI=1S/C15H19ClN4O2/c1-19-7-11(16)5-12(19)8-20(2)15(21)13-6-17-18-14(13)10-3-4-22-9-10/h5-7,10H,3-4,8-9H2,1-2H3,(H,17,18). The Kier molecular flexibility index (Phi) is 4.22.